The normalized spacial score (nSPS) is 8.93. The summed E-state index contributed by atoms with van der Waals surface area (Å²) >= 11 is 0. The van der Waals surface area contributed by atoms with E-state index in [0.29, 0.717) is 18.5 Å². The van der Waals surface area contributed by atoms with Gasteiger partial charge in [-0.2, -0.15) is 0 Å². The van der Waals surface area contributed by atoms with Gasteiger partial charge in [0, 0.05) is 12.1 Å². The van der Waals surface area contributed by atoms with Gasteiger partial charge in [-0.05, 0) is 24.6 Å². The summed E-state index contributed by atoms with van der Waals surface area (Å²) < 4.78 is 0. The lowest BCUT2D eigenvalue weighted by molar-refractivity contribution is -0.117. The molecule has 2 nitrogen and oxygen atoms in total. The van der Waals surface area contributed by atoms with Gasteiger partial charge in [0.2, 0.25) is 0 Å². The molecule has 0 aliphatic heterocycles. The van der Waals surface area contributed by atoms with Gasteiger partial charge in [0.1, 0.15) is 5.78 Å². The number of Topliss-reactive ketones (excluding diaryl/α,β-unsaturated/α-hetero) is 1. The molecule has 0 aromatic heterocycles. The number of nitrogens with two attached hydrogens (primary N) is 1. The van der Waals surface area contributed by atoms with Crippen LogP contribution in [0, 0.1) is 11.8 Å². The van der Waals surface area contributed by atoms with Crippen molar-refractivity contribution < 1.29 is 4.79 Å². The number of benzene rings is 1. The van der Waals surface area contributed by atoms with Gasteiger partial charge in [0.15, 0.2) is 0 Å². The fraction of sp³-hybridized carbons (Fsp3) is 0.250. The zero-order chi connectivity index (χ0) is 10.4. The Morgan fingerprint density at radius 3 is 2.93 bits per heavy atom. The molecule has 2 N–H and O–H groups in total. The second kappa shape index (κ2) is 5.08. The van der Waals surface area contributed by atoms with Gasteiger partial charge in [-0.15, -0.1) is 5.92 Å². The average Bonchev–Trinajstić information content (AvgIpc) is 2.15. The summed E-state index contributed by atoms with van der Waals surface area (Å²) in [5.41, 5.74) is 7.24. The van der Waals surface area contributed by atoms with Crippen LogP contribution in [0.25, 0.3) is 0 Å². The van der Waals surface area contributed by atoms with Crippen LogP contribution in [0.15, 0.2) is 24.3 Å². The lowest BCUT2D eigenvalue weighted by Crippen LogP contribution is -2.01. The minimum absolute atomic E-state index is 0.130. The van der Waals surface area contributed by atoms with Crippen molar-refractivity contribution in [2.75, 3.05) is 5.73 Å². The van der Waals surface area contributed by atoms with Crippen LogP contribution in [-0.2, 0) is 11.2 Å². The van der Waals surface area contributed by atoms with E-state index in [2.05, 4.69) is 11.8 Å². The quantitative estimate of drug-likeness (QED) is 0.579. The number of rotatable bonds is 3. The Balaban J connectivity index is 2.59. The molecule has 0 bridgehead atoms. The second-order valence-electron chi connectivity index (χ2n) is 3.06. The number of carbonyl (C=O) groups excluding carboxylic acids is 1. The van der Waals surface area contributed by atoms with Gasteiger partial charge in [0.25, 0.3) is 0 Å². The van der Waals surface area contributed by atoms with Crippen LogP contribution in [0.1, 0.15) is 18.9 Å². The Morgan fingerprint density at radius 2 is 2.29 bits per heavy atom. The van der Waals surface area contributed by atoms with Crippen molar-refractivity contribution in [3.05, 3.63) is 29.8 Å². The summed E-state index contributed by atoms with van der Waals surface area (Å²) in [5, 5.41) is 0. The lowest BCUT2D eigenvalue weighted by Gasteiger charge is -1.99. The predicted molar refractivity (Wildman–Crippen MR) is 57.6 cm³/mol. The smallest absolute Gasteiger partial charge is 0.149 e. The zero-order valence-electron chi connectivity index (χ0n) is 8.21. The van der Waals surface area contributed by atoms with Crippen LogP contribution in [0.3, 0.4) is 0 Å². The van der Waals surface area contributed by atoms with Crippen LogP contribution in [0.5, 0.6) is 0 Å². The summed E-state index contributed by atoms with van der Waals surface area (Å²) in [7, 11) is 0. The van der Waals surface area contributed by atoms with Crippen LogP contribution in [0.2, 0.25) is 0 Å². The summed E-state index contributed by atoms with van der Waals surface area (Å²) in [6, 6.07) is 7.37. The Hall–Kier alpha value is -1.75. The first kappa shape index (κ1) is 10.3. The molecule has 0 unspecified atom stereocenters. The van der Waals surface area contributed by atoms with Gasteiger partial charge < -0.3 is 5.73 Å². The maximum atomic E-state index is 11.3. The third kappa shape index (κ3) is 3.32. The van der Waals surface area contributed by atoms with E-state index in [4.69, 9.17) is 5.73 Å². The highest BCUT2D eigenvalue weighted by molar-refractivity contribution is 5.83. The van der Waals surface area contributed by atoms with E-state index < -0.39 is 0 Å². The van der Waals surface area contributed by atoms with Gasteiger partial charge in [0.05, 0.1) is 6.42 Å². The first-order chi connectivity index (χ1) is 6.72. The molecule has 0 atom stereocenters. The molecule has 0 aliphatic carbocycles. The molecule has 1 rings (SSSR count). The number of hydrogen-bond acceptors (Lipinski definition) is 2. The van der Waals surface area contributed by atoms with Crippen molar-refractivity contribution in [1.29, 1.82) is 0 Å². The molecule has 14 heavy (non-hydrogen) atoms. The molecule has 0 radical (unpaired) electrons. The van der Waals surface area contributed by atoms with Crippen LogP contribution < -0.4 is 5.73 Å². The third-order valence-corrected chi connectivity index (χ3v) is 1.81. The minimum atomic E-state index is 0.130. The second-order valence-corrected chi connectivity index (χ2v) is 3.06. The Kier molecular flexibility index (Phi) is 3.75. The van der Waals surface area contributed by atoms with Gasteiger partial charge in [-0.3, -0.25) is 4.79 Å². The summed E-state index contributed by atoms with van der Waals surface area (Å²) in [6.07, 6.45) is 0.741. The maximum absolute atomic E-state index is 11.3. The van der Waals surface area contributed by atoms with Crippen molar-refractivity contribution in [2.24, 2.45) is 0 Å². The topological polar surface area (TPSA) is 43.1 Å². The highest BCUT2D eigenvalue weighted by Crippen LogP contribution is 2.07. The molecule has 0 amide bonds. The van der Waals surface area contributed by atoms with Crippen LogP contribution >= 0.6 is 0 Å². The molecule has 0 saturated heterocycles. The molecular formula is C12H13NO. The fourth-order valence-corrected chi connectivity index (χ4v) is 1.18. The first-order valence-corrected chi connectivity index (χ1v) is 4.48. The number of hydrogen-bond donors (Lipinski definition) is 1. The standard InChI is InChI=1S/C12H13NO/c1-2-3-7-12(14)9-10-5-4-6-11(13)8-10/h4-6,8H,7,9,13H2,1H3. The van der Waals surface area contributed by atoms with Gasteiger partial charge in [-0.25, -0.2) is 0 Å². The molecule has 0 heterocycles. The first-order valence-electron chi connectivity index (χ1n) is 4.48. The molecule has 0 aliphatic rings. The summed E-state index contributed by atoms with van der Waals surface area (Å²) in [6.45, 7) is 1.73. The fourth-order valence-electron chi connectivity index (χ4n) is 1.18. The Bertz CT molecular complexity index is 385. The number of nitrogen functional groups attached to an aromatic ring is 1. The SMILES string of the molecule is CC#CCC(=O)Cc1cccc(N)c1. The lowest BCUT2D eigenvalue weighted by atomic mass is 10.1. The summed E-state index contributed by atoms with van der Waals surface area (Å²) in [5.74, 6) is 5.58. The predicted octanol–water partition coefficient (Wildman–Crippen LogP) is 1.79. The van der Waals surface area contributed by atoms with Crippen LogP contribution in [0.4, 0.5) is 5.69 Å². The van der Waals surface area contributed by atoms with Gasteiger partial charge in [-0.1, -0.05) is 18.1 Å². The minimum Gasteiger partial charge on any atom is -0.399 e. The van der Waals surface area contributed by atoms with Crippen molar-refractivity contribution in [1.82, 2.24) is 0 Å². The van der Waals surface area contributed by atoms with E-state index in [-0.39, 0.29) is 5.78 Å². The molecule has 2 heteroatoms. The van der Waals surface area contributed by atoms with Crippen molar-refractivity contribution in [3.63, 3.8) is 0 Å². The van der Waals surface area contributed by atoms with Crippen molar-refractivity contribution in [3.8, 4) is 11.8 Å². The Morgan fingerprint density at radius 1 is 1.50 bits per heavy atom. The van der Waals surface area contributed by atoms with E-state index in [9.17, 15) is 4.79 Å². The zero-order valence-corrected chi connectivity index (χ0v) is 8.21. The molecule has 0 spiro atoms. The molecule has 1 aromatic rings. The molecule has 1 aromatic carbocycles. The molecule has 0 fully saturated rings. The Labute approximate surface area is 84.1 Å². The van der Waals surface area contributed by atoms with E-state index in [0.717, 1.165) is 5.56 Å². The van der Waals surface area contributed by atoms with Crippen LogP contribution in [-0.4, -0.2) is 5.78 Å². The molecule has 0 saturated carbocycles. The molecular weight excluding hydrogens is 174 g/mol. The number of carbonyl (C=O) groups is 1. The largest absolute Gasteiger partial charge is 0.399 e. The monoisotopic (exact) mass is 187 g/mol. The average molecular weight is 187 g/mol. The maximum Gasteiger partial charge on any atom is 0.149 e. The number of anilines is 1. The van der Waals surface area contributed by atoms with Crippen molar-refractivity contribution >= 4 is 11.5 Å². The highest BCUT2D eigenvalue weighted by atomic mass is 16.1. The van der Waals surface area contributed by atoms with Crippen molar-refractivity contribution in [2.45, 2.75) is 19.8 Å². The van der Waals surface area contributed by atoms with E-state index in [1.807, 2.05) is 18.2 Å². The third-order valence-electron chi connectivity index (χ3n) is 1.81. The molecule has 72 valence electrons. The highest BCUT2D eigenvalue weighted by Gasteiger charge is 2.01. The van der Waals surface area contributed by atoms with Gasteiger partial charge >= 0.3 is 0 Å². The number of ketones is 1. The summed E-state index contributed by atoms with van der Waals surface area (Å²) in [4.78, 5) is 11.3. The van der Waals surface area contributed by atoms with E-state index in [1.165, 1.54) is 0 Å². The van der Waals surface area contributed by atoms with E-state index in [1.54, 1.807) is 13.0 Å². The van der Waals surface area contributed by atoms with E-state index >= 15 is 0 Å².